The molecule has 1 saturated carbocycles. The normalized spacial score (nSPS) is 27.7. The van der Waals surface area contributed by atoms with E-state index in [1.165, 1.54) is 6.21 Å². The highest BCUT2D eigenvalue weighted by atomic mass is 79.9. The lowest BCUT2D eigenvalue weighted by Gasteiger charge is -2.26. The zero-order valence-electron chi connectivity index (χ0n) is 18.8. The molecule has 180 valence electrons. The average Bonchev–Trinajstić information content (AvgIpc) is 3.53. The van der Waals surface area contributed by atoms with Crippen molar-refractivity contribution in [3.05, 3.63) is 34.3 Å². The maximum Gasteiger partial charge on any atom is 0.260 e. The summed E-state index contributed by atoms with van der Waals surface area (Å²) in [4.78, 5) is 39.9. The Labute approximate surface area is 205 Å². The molecule has 34 heavy (non-hydrogen) atoms. The van der Waals surface area contributed by atoms with Gasteiger partial charge in [-0.1, -0.05) is 12.2 Å². The minimum absolute atomic E-state index is 0.115. The third-order valence-electron chi connectivity index (χ3n) is 6.84. The molecule has 4 atom stereocenters. The Kier molecular flexibility index (Phi) is 6.44. The van der Waals surface area contributed by atoms with Gasteiger partial charge in [0.25, 0.3) is 17.7 Å². The number of nitrogens with zero attached hydrogens (tertiary/aromatic N) is 3. The number of allylic oxidation sites excluding steroid dienone is 2. The summed E-state index contributed by atoms with van der Waals surface area (Å²) >= 11 is 3.50. The van der Waals surface area contributed by atoms with Gasteiger partial charge >= 0.3 is 0 Å². The molecule has 1 aromatic rings. The summed E-state index contributed by atoms with van der Waals surface area (Å²) in [5.74, 6) is -0.0230. The summed E-state index contributed by atoms with van der Waals surface area (Å²) in [6.45, 7) is 4.28. The first-order chi connectivity index (χ1) is 16.5. The van der Waals surface area contributed by atoms with Crippen LogP contribution in [0.15, 0.2) is 33.9 Å². The van der Waals surface area contributed by atoms with Gasteiger partial charge < -0.3 is 19.1 Å². The molecule has 0 radical (unpaired) electrons. The smallest absolute Gasteiger partial charge is 0.260 e. The molecule has 0 unspecified atom stereocenters. The lowest BCUT2D eigenvalue weighted by atomic mass is 9.85. The standard InChI is InChI=1S/C24H26BrN3O6/c1-2-33-18-10-16(17(25)11-19(18)34-13-20(29)27-5-7-32-8-6-27)12-26-28-23(30)21-14-3-4-15(9-14)22(21)24(28)31/h3-4,10-12,14-15,21-22H,2,5-9,13H2,1H3/t14-,15-,21-,22+/m0/s1. The number of rotatable bonds is 7. The van der Waals surface area contributed by atoms with Crippen LogP contribution in [0.1, 0.15) is 18.9 Å². The third-order valence-corrected chi connectivity index (χ3v) is 7.52. The first kappa shape index (κ1) is 23.0. The zero-order chi connectivity index (χ0) is 23.8. The van der Waals surface area contributed by atoms with Crippen molar-refractivity contribution in [3.63, 3.8) is 0 Å². The van der Waals surface area contributed by atoms with Gasteiger partial charge in [-0.2, -0.15) is 10.1 Å². The van der Waals surface area contributed by atoms with Crippen LogP contribution in [0.3, 0.4) is 0 Å². The van der Waals surface area contributed by atoms with Crippen molar-refractivity contribution in [2.75, 3.05) is 39.5 Å². The predicted octanol–water partition coefficient (Wildman–Crippen LogP) is 2.23. The molecule has 9 nitrogen and oxygen atoms in total. The molecule has 0 spiro atoms. The fourth-order valence-electron chi connectivity index (χ4n) is 5.19. The summed E-state index contributed by atoms with van der Waals surface area (Å²) in [7, 11) is 0. The van der Waals surface area contributed by atoms with Gasteiger partial charge in [0.1, 0.15) is 0 Å². The van der Waals surface area contributed by atoms with Gasteiger partial charge in [-0.15, -0.1) is 0 Å². The Morgan fingerprint density at radius 3 is 2.41 bits per heavy atom. The lowest BCUT2D eigenvalue weighted by Crippen LogP contribution is -2.43. The minimum Gasteiger partial charge on any atom is -0.490 e. The maximum atomic E-state index is 12.9. The van der Waals surface area contributed by atoms with Gasteiger partial charge in [-0.3, -0.25) is 14.4 Å². The SMILES string of the molecule is CCOc1cc(C=NN2C(=O)[C@@H]3[C@H](C2=O)[C@H]2C=C[C@H]3C2)c(Br)cc1OCC(=O)N1CCOCC1. The van der Waals surface area contributed by atoms with Crippen molar-refractivity contribution in [3.8, 4) is 11.5 Å². The number of ether oxygens (including phenoxy) is 3. The number of fused-ring (bicyclic) bond motifs is 5. The molecule has 1 aromatic carbocycles. The van der Waals surface area contributed by atoms with Crippen LogP contribution >= 0.6 is 15.9 Å². The van der Waals surface area contributed by atoms with E-state index < -0.39 is 0 Å². The molecule has 2 aliphatic carbocycles. The van der Waals surface area contributed by atoms with Crippen LogP contribution in [-0.2, 0) is 19.1 Å². The molecule has 2 aliphatic heterocycles. The van der Waals surface area contributed by atoms with Crippen molar-refractivity contribution in [2.24, 2.45) is 28.8 Å². The van der Waals surface area contributed by atoms with Crippen LogP contribution in [0.25, 0.3) is 0 Å². The van der Waals surface area contributed by atoms with Crippen molar-refractivity contribution in [2.45, 2.75) is 13.3 Å². The zero-order valence-corrected chi connectivity index (χ0v) is 20.4. The minimum atomic E-state index is -0.290. The van der Waals surface area contributed by atoms with Crippen LogP contribution in [-0.4, -0.2) is 73.4 Å². The molecule has 5 rings (SSSR count). The van der Waals surface area contributed by atoms with Crippen LogP contribution < -0.4 is 9.47 Å². The van der Waals surface area contributed by atoms with E-state index in [4.69, 9.17) is 14.2 Å². The highest BCUT2D eigenvalue weighted by Crippen LogP contribution is 2.52. The van der Waals surface area contributed by atoms with Gasteiger partial charge in [0.05, 0.1) is 37.9 Å². The van der Waals surface area contributed by atoms with Gasteiger partial charge in [-0.05, 0) is 53.2 Å². The quantitative estimate of drug-likeness (QED) is 0.304. The number of imide groups is 1. The third kappa shape index (κ3) is 4.13. The second kappa shape index (κ2) is 9.50. The Morgan fingerprint density at radius 2 is 1.76 bits per heavy atom. The van der Waals surface area contributed by atoms with Gasteiger partial charge in [0.15, 0.2) is 18.1 Å². The molecule has 3 fully saturated rings. The molecule has 2 saturated heterocycles. The summed E-state index contributed by atoms with van der Waals surface area (Å²) in [5.41, 5.74) is 0.620. The van der Waals surface area contributed by atoms with Crippen LogP contribution in [0, 0.1) is 23.7 Å². The fourth-order valence-corrected chi connectivity index (χ4v) is 5.62. The van der Waals surface area contributed by atoms with Crippen molar-refractivity contribution >= 4 is 39.9 Å². The Balaban J connectivity index is 1.30. The summed E-state index contributed by atoms with van der Waals surface area (Å²) < 4.78 is 17.4. The van der Waals surface area contributed by atoms with Crippen LogP contribution in [0.4, 0.5) is 0 Å². The molecule has 3 amide bonds. The largest absolute Gasteiger partial charge is 0.490 e. The number of hydrogen-bond donors (Lipinski definition) is 0. The number of morpholine rings is 1. The number of hydrazone groups is 1. The molecular formula is C24H26BrN3O6. The van der Waals surface area contributed by atoms with Crippen molar-refractivity contribution in [1.29, 1.82) is 0 Å². The van der Waals surface area contributed by atoms with Crippen molar-refractivity contribution < 1.29 is 28.6 Å². The number of carbonyl (C=O) groups is 3. The Bertz CT molecular complexity index is 1040. The van der Waals surface area contributed by atoms with E-state index >= 15 is 0 Å². The Morgan fingerprint density at radius 1 is 1.12 bits per heavy atom. The van der Waals surface area contributed by atoms with E-state index in [1.54, 1.807) is 17.0 Å². The van der Waals surface area contributed by atoms with Crippen molar-refractivity contribution in [1.82, 2.24) is 9.91 Å². The second-order valence-corrected chi connectivity index (χ2v) is 9.62. The summed E-state index contributed by atoms with van der Waals surface area (Å²) in [5, 5.41) is 5.26. The second-order valence-electron chi connectivity index (χ2n) is 8.77. The molecule has 2 heterocycles. The maximum absolute atomic E-state index is 12.9. The fraction of sp³-hybridized carbons (Fsp3) is 0.500. The van der Waals surface area contributed by atoms with E-state index in [0.29, 0.717) is 54.4 Å². The Hall–Kier alpha value is -2.72. The molecule has 2 bridgehead atoms. The first-order valence-electron chi connectivity index (χ1n) is 11.5. The summed E-state index contributed by atoms with van der Waals surface area (Å²) in [6, 6.07) is 3.41. The average molecular weight is 532 g/mol. The number of amides is 3. The number of hydrogen-bond acceptors (Lipinski definition) is 7. The first-order valence-corrected chi connectivity index (χ1v) is 12.3. The molecule has 10 heteroatoms. The van der Waals surface area contributed by atoms with Gasteiger partial charge in [-0.25, -0.2) is 0 Å². The van der Waals surface area contributed by atoms with E-state index in [9.17, 15) is 14.4 Å². The summed E-state index contributed by atoms with van der Waals surface area (Å²) in [6.07, 6.45) is 6.46. The molecule has 0 N–H and O–H groups in total. The van der Waals surface area contributed by atoms with Crippen LogP contribution in [0.2, 0.25) is 0 Å². The van der Waals surface area contributed by atoms with Crippen LogP contribution in [0.5, 0.6) is 11.5 Å². The van der Waals surface area contributed by atoms with E-state index in [-0.39, 0.29) is 48.0 Å². The number of halogens is 1. The highest BCUT2D eigenvalue weighted by molar-refractivity contribution is 9.10. The van der Waals surface area contributed by atoms with E-state index in [1.807, 2.05) is 6.92 Å². The lowest BCUT2D eigenvalue weighted by molar-refractivity contribution is -0.140. The predicted molar refractivity (Wildman–Crippen MR) is 125 cm³/mol. The van der Waals surface area contributed by atoms with Gasteiger partial charge in [0, 0.05) is 23.1 Å². The topological polar surface area (TPSA) is 97.7 Å². The molecule has 0 aromatic heterocycles. The monoisotopic (exact) mass is 531 g/mol. The van der Waals surface area contributed by atoms with E-state index in [0.717, 1.165) is 11.4 Å². The molecular weight excluding hydrogens is 506 g/mol. The molecule has 4 aliphatic rings. The number of carbonyl (C=O) groups excluding carboxylic acids is 3. The highest BCUT2D eigenvalue weighted by Gasteiger charge is 2.59. The van der Waals surface area contributed by atoms with E-state index in [2.05, 4.69) is 33.2 Å². The van der Waals surface area contributed by atoms with Gasteiger partial charge in [0.2, 0.25) is 0 Å². The number of benzene rings is 1.